The van der Waals surface area contributed by atoms with Gasteiger partial charge in [0.2, 0.25) is 0 Å². The summed E-state index contributed by atoms with van der Waals surface area (Å²) in [4.78, 5) is 14.7. The van der Waals surface area contributed by atoms with Gasteiger partial charge in [0.05, 0.1) is 13.2 Å². The molecular formula is C15H17NO3. The minimum Gasteiger partial charge on any atom is -0.493 e. The van der Waals surface area contributed by atoms with Crippen LogP contribution in [0.4, 0.5) is 0 Å². The highest BCUT2D eigenvalue weighted by Gasteiger charge is 2.22. The van der Waals surface area contributed by atoms with E-state index in [0.29, 0.717) is 12.3 Å². The van der Waals surface area contributed by atoms with Gasteiger partial charge in [0.25, 0.3) is 0 Å². The average Bonchev–Trinajstić information content (AvgIpc) is 3.14. The molecule has 1 aromatic heterocycles. The van der Waals surface area contributed by atoms with Crippen molar-refractivity contribution in [1.82, 2.24) is 4.98 Å². The van der Waals surface area contributed by atoms with E-state index in [1.54, 1.807) is 13.0 Å². The van der Waals surface area contributed by atoms with E-state index in [0.717, 1.165) is 29.2 Å². The van der Waals surface area contributed by atoms with Gasteiger partial charge in [-0.2, -0.15) is 0 Å². The number of aromatic nitrogens is 1. The SMILES string of the molecule is CCOC(=O)c1cc2ccc(OCC3CC3)cc2[nH]1. The Morgan fingerprint density at radius 3 is 2.95 bits per heavy atom. The number of aromatic amines is 1. The van der Waals surface area contributed by atoms with E-state index in [9.17, 15) is 4.79 Å². The van der Waals surface area contributed by atoms with Crippen LogP contribution in [0.3, 0.4) is 0 Å². The number of esters is 1. The summed E-state index contributed by atoms with van der Waals surface area (Å²) in [5, 5.41) is 0.988. The highest BCUT2D eigenvalue weighted by Crippen LogP contribution is 2.30. The fourth-order valence-electron chi connectivity index (χ4n) is 2.01. The Bertz CT molecular complexity index is 598. The lowest BCUT2D eigenvalue weighted by Gasteiger charge is -2.04. The Labute approximate surface area is 111 Å². The molecule has 19 heavy (non-hydrogen) atoms. The third-order valence-electron chi connectivity index (χ3n) is 3.27. The number of ether oxygens (including phenoxy) is 2. The van der Waals surface area contributed by atoms with Gasteiger partial charge < -0.3 is 14.5 Å². The van der Waals surface area contributed by atoms with Gasteiger partial charge >= 0.3 is 5.97 Å². The molecule has 1 saturated carbocycles. The van der Waals surface area contributed by atoms with Crippen LogP contribution in [-0.4, -0.2) is 24.2 Å². The molecule has 1 aliphatic rings. The van der Waals surface area contributed by atoms with Crippen molar-refractivity contribution < 1.29 is 14.3 Å². The van der Waals surface area contributed by atoms with Gasteiger partial charge in [-0.3, -0.25) is 0 Å². The summed E-state index contributed by atoms with van der Waals surface area (Å²) in [5.41, 5.74) is 1.38. The van der Waals surface area contributed by atoms with E-state index in [1.165, 1.54) is 12.8 Å². The third kappa shape index (κ3) is 2.72. The fraction of sp³-hybridized carbons (Fsp3) is 0.400. The summed E-state index contributed by atoms with van der Waals surface area (Å²) in [7, 11) is 0. The van der Waals surface area contributed by atoms with E-state index >= 15 is 0 Å². The highest BCUT2D eigenvalue weighted by molar-refractivity contribution is 5.95. The second kappa shape index (κ2) is 4.96. The van der Waals surface area contributed by atoms with Crippen LogP contribution in [0.15, 0.2) is 24.3 Å². The van der Waals surface area contributed by atoms with Gasteiger partial charge in [0.15, 0.2) is 0 Å². The molecule has 4 heteroatoms. The summed E-state index contributed by atoms with van der Waals surface area (Å²) in [6, 6.07) is 7.63. The first-order valence-corrected chi connectivity index (χ1v) is 6.69. The van der Waals surface area contributed by atoms with Gasteiger partial charge in [0, 0.05) is 17.0 Å². The number of fused-ring (bicyclic) bond motifs is 1. The minimum atomic E-state index is -0.320. The van der Waals surface area contributed by atoms with Crippen molar-refractivity contribution >= 4 is 16.9 Å². The lowest BCUT2D eigenvalue weighted by atomic mass is 10.2. The molecule has 0 bridgehead atoms. The number of rotatable bonds is 5. The molecule has 0 unspecified atom stereocenters. The molecule has 0 spiro atoms. The first-order valence-electron chi connectivity index (χ1n) is 6.69. The van der Waals surface area contributed by atoms with Crippen molar-refractivity contribution in [3.63, 3.8) is 0 Å². The molecule has 1 aromatic carbocycles. The van der Waals surface area contributed by atoms with Crippen LogP contribution in [0.1, 0.15) is 30.3 Å². The van der Waals surface area contributed by atoms with Crippen molar-refractivity contribution in [3.8, 4) is 5.75 Å². The van der Waals surface area contributed by atoms with Crippen LogP contribution in [0.25, 0.3) is 10.9 Å². The second-order valence-corrected chi connectivity index (χ2v) is 4.91. The molecule has 4 nitrogen and oxygen atoms in total. The molecule has 1 heterocycles. The molecule has 1 aliphatic carbocycles. The normalized spacial score (nSPS) is 14.6. The molecule has 0 aliphatic heterocycles. The number of H-pyrrole nitrogens is 1. The maximum atomic E-state index is 11.6. The minimum absolute atomic E-state index is 0.320. The van der Waals surface area contributed by atoms with E-state index in [2.05, 4.69) is 4.98 Å². The number of nitrogens with one attached hydrogen (secondary N) is 1. The van der Waals surface area contributed by atoms with Gasteiger partial charge in [-0.05, 0) is 43.9 Å². The maximum absolute atomic E-state index is 11.6. The maximum Gasteiger partial charge on any atom is 0.354 e. The summed E-state index contributed by atoms with van der Waals surface area (Å²) < 4.78 is 10.7. The monoisotopic (exact) mass is 259 g/mol. The van der Waals surface area contributed by atoms with Gasteiger partial charge in [-0.25, -0.2) is 4.79 Å². The van der Waals surface area contributed by atoms with Gasteiger partial charge in [0.1, 0.15) is 11.4 Å². The van der Waals surface area contributed by atoms with E-state index < -0.39 is 0 Å². The number of hydrogen-bond acceptors (Lipinski definition) is 3. The predicted molar refractivity (Wildman–Crippen MR) is 72.5 cm³/mol. The van der Waals surface area contributed by atoms with E-state index in [4.69, 9.17) is 9.47 Å². The fourth-order valence-corrected chi connectivity index (χ4v) is 2.01. The summed E-state index contributed by atoms with van der Waals surface area (Å²) in [5.74, 6) is 1.25. The van der Waals surface area contributed by atoms with E-state index in [1.807, 2.05) is 18.2 Å². The quantitative estimate of drug-likeness (QED) is 0.839. The van der Waals surface area contributed by atoms with Gasteiger partial charge in [-0.1, -0.05) is 0 Å². The molecule has 3 rings (SSSR count). The van der Waals surface area contributed by atoms with Crippen LogP contribution in [0.5, 0.6) is 5.75 Å². The van der Waals surface area contributed by atoms with E-state index in [-0.39, 0.29) is 5.97 Å². The molecule has 0 saturated heterocycles. The standard InChI is InChI=1S/C15H17NO3/c1-2-18-15(17)14-7-11-5-6-12(8-13(11)16-14)19-9-10-3-4-10/h5-8,10,16H,2-4,9H2,1H3. The molecule has 0 radical (unpaired) electrons. The predicted octanol–water partition coefficient (Wildman–Crippen LogP) is 3.13. The summed E-state index contributed by atoms with van der Waals surface area (Å²) in [6.07, 6.45) is 2.55. The molecular weight excluding hydrogens is 242 g/mol. The largest absolute Gasteiger partial charge is 0.493 e. The highest BCUT2D eigenvalue weighted by atomic mass is 16.5. The zero-order valence-electron chi connectivity index (χ0n) is 10.9. The van der Waals surface area contributed by atoms with Crippen LogP contribution in [-0.2, 0) is 4.74 Å². The van der Waals surface area contributed by atoms with Crippen LogP contribution in [0.2, 0.25) is 0 Å². The van der Waals surface area contributed by atoms with Crippen molar-refractivity contribution in [2.75, 3.05) is 13.2 Å². The summed E-state index contributed by atoms with van der Waals surface area (Å²) in [6.45, 7) is 2.96. The zero-order valence-corrected chi connectivity index (χ0v) is 10.9. The Hall–Kier alpha value is -1.97. The first kappa shape index (κ1) is 12.1. The lowest BCUT2D eigenvalue weighted by Crippen LogP contribution is -2.04. The van der Waals surface area contributed by atoms with Gasteiger partial charge in [-0.15, -0.1) is 0 Å². The second-order valence-electron chi connectivity index (χ2n) is 4.91. The third-order valence-corrected chi connectivity index (χ3v) is 3.27. The van der Waals surface area contributed by atoms with Crippen LogP contribution in [0, 0.1) is 5.92 Å². The van der Waals surface area contributed by atoms with Crippen LogP contribution >= 0.6 is 0 Å². The first-order chi connectivity index (χ1) is 9.26. The van der Waals surface area contributed by atoms with Crippen LogP contribution < -0.4 is 4.74 Å². The molecule has 0 amide bonds. The molecule has 2 aromatic rings. The van der Waals surface area contributed by atoms with Crippen molar-refractivity contribution in [3.05, 3.63) is 30.0 Å². The number of carbonyl (C=O) groups excluding carboxylic acids is 1. The molecule has 100 valence electrons. The van der Waals surface area contributed by atoms with Crippen molar-refractivity contribution in [1.29, 1.82) is 0 Å². The summed E-state index contributed by atoms with van der Waals surface area (Å²) >= 11 is 0. The molecule has 0 atom stereocenters. The Morgan fingerprint density at radius 2 is 2.21 bits per heavy atom. The Morgan fingerprint density at radius 1 is 1.37 bits per heavy atom. The number of benzene rings is 1. The zero-order chi connectivity index (χ0) is 13.2. The smallest absolute Gasteiger partial charge is 0.354 e. The number of carbonyl (C=O) groups is 1. The Balaban J connectivity index is 1.79. The molecule has 1 fully saturated rings. The Kier molecular flexibility index (Phi) is 3.15. The number of hydrogen-bond donors (Lipinski definition) is 1. The van der Waals surface area contributed by atoms with Crippen molar-refractivity contribution in [2.45, 2.75) is 19.8 Å². The lowest BCUT2D eigenvalue weighted by molar-refractivity contribution is 0.0520. The molecule has 1 N–H and O–H groups in total. The topological polar surface area (TPSA) is 51.3 Å². The average molecular weight is 259 g/mol. The van der Waals surface area contributed by atoms with Crippen molar-refractivity contribution in [2.24, 2.45) is 5.92 Å².